The number of aliphatic imine (C=N–C) groups is 1. The lowest BCUT2D eigenvalue weighted by atomic mass is 10.1. The molecule has 5 heteroatoms. The summed E-state index contributed by atoms with van der Waals surface area (Å²) < 4.78 is 0. The maximum Gasteiger partial charge on any atom is 0.264 e. The minimum atomic E-state index is -0.0848. The first kappa shape index (κ1) is 14.1. The Morgan fingerprint density at radius 2 is 1.90 bits per heavy atom. The molecule has 0 atom stereocenters. The second-order valence-electron chi connectivity index (χ2n) is 4.74. The van der Waals surface area contributed by atoms with Crippen LogP contribution in [0.4, 0.5) is 5.69 Å². The molecule has 0 saturated carbocycles. The largest absolute Gasteiger partial charge is 0.300 e. The molecule has 3 nitrogen and oxygen atoms in total. The molecule has 1 aliphatic heterocycles. The van der Waals surface area contributed by atoms with E-state index in [1.807, 2.05) is 55.6 Å². The number of nitrogens with one attached hydrogen (secondary N) is 1. The molecule has 1 fully saturated rings. The molecule has 0 spiro atoms. The molecule has 1 aliphatic rings. The highest BCUT2D eigenvalue weighted by Gasteiger charge is 2.24. The monoisotopic (exact) mass is 314 g/mol. The number of nitrogens with zero attached hydrogens (tertiary/aromatic N) is 1. The van der Waals surface area contributed by atoms with Gasteiger partial charge < -0.3 is 5.32 Å². The van der Waals surface area contributed by atoms with Crippen molar-refractivity contribution in [2.45, 2.75) is 13.8 Å². The highest BCUT2D eigenvalue weighted by molar-refractivity contribution is 8.18. The highest BCUT2D eigenvalue weighted by atomic mass is 32.2. The molecule has 1 aromatic carbocycles. The molecule has 1 N–H and O–H groups in total. The minimum Gasteiger partial charge on any atom is -0.300 e. The molecular formula is C16H14N2OS2. The number of para-hydroxylation sites is 1. The zero-order valence-corrected chi connectivity index (χ0v) is 13.3. The number of rotatable bonds is 2. The minimum absolute atomic E-state index is 0.0848. The SMILES string of the molecule is Cc1cccc(C)c1N=C1NC(=O)/C(=C\c2cccs2)S1. The van der Waals surface area contributed by atoms with E-state index in [4.69, 9.17) is 0 Å². The number of thioether (sulfide) groups is 1. The predicted molar refractivity (Wildman–Crippen MR) is 91.0 cm³/mol. The van der Waals surface area contributed by atoms with Gasteiger partial charge in [0.15, 0.2) is 5.17 Å². The molecule has 21 heavy (non-hydrogen) atoms. The number of amidine groups is 1. The van der Waals surface area contributed by atoms with Gasteiger partial charge >= 0.3 is 0 Å². The highest BCUT2D eigenvalue weighted by Crippen LogP contribution is 2.31. The summed E-state index contributed by atoms with van der Waals surface area (Å²) in [5.41, 5.74) is 3.14. The second-order valence-corrected chi connectivity index (χ2v) is 6.75. The lowest BCUT2D eigenvalue weighted by Gasteiger charge is -2.04. The van der Waals surface area contributed by atoms with Gasteiger partial charge in [0.2, 0.25) is 0 Å². The number of amides is 1. The van der Waals surface area contributed by atoms with Gasteiger partial charge in [-0.25, -0.2) is 4.99 Å². The number of hydrogen-bond donors (Lipinski definition) is 1. The van der Waals surface area contributed by atoms with Crippen LogP contribution in [0.15, 0.2) is 45.6 Å². The van der Waals surface area contributed by atoms with Gasteiger partial charge in [-0.05, 0) is 54.3 Å². The molecule has 1 amide bonds. The van der Waals surface area contributed by atoms with E-state index in [0.29, 0.717) is 10.1 Å². The van der Waals surface area contributed by atoms with Gasteiger partial charge in [0.05, 0.1) is 10.6 Å². The van der Waals surface area contributed by atoms with Crippen molar-refractivity contribution in [3.63, 3.8) is 0 Å². The Morgan fingerprint density at radius 1 is 1.14 bits per heavy atom. The summed E-state index contributed by atoms with van der Waals surface area (Å²) in [4.78, 5) is 18.3. The Labute approximate surface area is 131 Å². The maximum absolute atomic E-state index is 12.0. The lowest BCUT2D eigenvalue weighted by Crippen LogP contribution is -2.19. The van der Waals surface area contributed by atoms with Gasteiger partial charge in [0.25, 0.3) is 5.91 Å². The summed E-state index contributed by atoms with van der Waals surface area (Å²) in [5, 5.41) is 5.46. The molecule has 0 unspecified atom stereocenters. The Bertz CT molecular complexity index is 725. The zero-order chi connectivity index (χ0) is 14.8. The van der Waals surface area contributed by atoms with E-state index in [9.17, 15) is 4.79 Å². The van der Waals surface area contributed by atoms with Crippen LogP contribution in [-0.2, 0) is 4.79 Å². The third-order valence-electron chi connectivity index (χ3n) is 3.12. The summed E-state index contributed by atoms with van der Waals surface area (Å²) in [6.07, 6.45) is 1.90. The predicted octanol–water partition coefficient (Wildman–Crippen LogP) is 4.26. The van der Waals surface area contributed by atoms with Crippen LogP contribution in [0, 0.1) is 13.8 Å². The smallest absolute Gasteiger partial charge is 0.264 e. The van der Waals surface area contributed by atoms with Gasteiger partial charge in [0.1, 0.15) is 0 Å². The molecule has 2 aromatic rings. The molecule has 0 aliphatic carbocycles. The van der Waals surface area contributed by atoms with Crippen molar-refractivity contribution in [3.05, 3.63) is 56.6 Å². The topological polar surface area (TPSA) is 41.5 Å². The third kappa shape index (κ3) is 3.09. The summed E-state index contributed by atoms with van der Waals surface area (Å²) in [6, 6.07) is 10.0. The van der Waals surface area contributed by atoms with Crippen molar-refractivity contribution in [2.24, 2.45) is 4.99 Å². The molecule has 0 bridgehead atoms. The molecule has 1 aromatic heterocycles. The summed E-state index contributed by atoms with van der Waals surface area (Å²) in [5.74, 6) is -0.0848. The average Bonchev–Trinajstić information content (AvgIpc) is 3.06. The number of hydrogen-bond acceptors (Lipinski definition) is 4. The van der Waals surface area contributed by atoms with Crippen molar-refractivity contribution < 1.29 is 4.79 Å². The Hall–Kier alpha value is -1.85. The van der Waals surface area contributed by atoms with Crippen LogP contribution in [0.2, 0.25) is 0 Å². The molecular weight excluding hydrogens is 300 g/mol. The average molecular weight is 314 g/mol. The summed E-state index contributed by atoms with van der Waals surface area (Å²) >= 11 is 3.00. The first-order chi connectivity index (χ1) is 10.1. The lowest BCUT2D eigenvalue weighted by molar-refractivity contribution is -0.115. The van der Waals surface area contributed by atoms with Crippen LogP contribution in [0.25, 0.3) is 6.08 Å². The Balaban J connectivity index is 1.89. The van der Waals surface area contributed by atoms with Gasteiger partial charge in [-0.3, -0.25) is 4.79 Å². The van der Waals surface area contributed by atoms with Gasteiger partial charge in [-0.2, -0.15) is 0 Å². The fraction of sp³-hybridized carbons (Fsp3) is 0.125. The quantitative estimate of drug-likeness (QED) is 0.842. The van der Waals surface area contributed by atoms with Crippen molar-refractivity contribution in [2.75, 3.05) is 0 Å². The van der Waals surface area contributed by atoms with Crippen molar-refractivity contribution in [3.8, 4) is 0 Å². The van der Waals surface area contributed by atoms with Gasteiger partial charge in [-0.15, -0.1) is 11.3 Å². The zero-order valence-electron chi connectivity index (χ0n) is 11.7. The number of carbonyl (C=O) groups excluding carboxylic acids is 1. The second kappa shape index (κ2) is 5.87. The molecule has 1 saturated heterocycles. The van der Waals surface area contributed by atoms with E-state index >= 15 is 0 Å². The molecule has 2 heterocycles. The maximum atomic E-state index is 12.0. The first-order valence-corrected chi connectivity index (χ1v) is 8.22. The number of aryl methyl sites for hydroxylation is 2. The standard InChI is InChI=1S/C16H14N2OS2/c1-10-5-3-6-11(2)14(10)17-16-18-15(19)13(21-16)9-12-7-4-8-20-12/h3-9H,1-2H3,(H,17,18,19)/b13-9+. The fourth-order valence-electron chi connectivity index (χ4n) is 2.07. The van der Waals surface area contributed by atoms with Crippen LogP contribution in [0.1, 0.15) is 16.0 Å². The van der Waals surface area contributed by atoms with Crippen LogP contribution in [-0.4, -0.2) is 11.1 Å². The van der Waals surface area contributed by atoms with Gasteiger partial charge in [0, 0.05) is 4.88 Å². The van der Waals surface area contributed by atoms with Crippen LogP contribution >= 0.6 is 23.1 Å². The van der Waals surface area contributed by atoms with Crippen molar-refractivity contribution in [1.82, 2.24) is 5.32 Å². The van der Waals surface area contributed by atoms with Crippen molar-refractivity contribution in [1.29, 1.82) is 0 Å². The van der Waals surface area contributed by atoms with E-state index in [0.717, 1.165) is 21.7 Å². The third-order valence-corrected chi connectivity index (χ3v) is 4.85. The Kier molecular flexibility index (Phi) is 3.94. The van der Waals surface area contributed by atoms with Crippen LogP contribution in [0.3, 0.4) is 0 Å². The van der Waals surface area contributed by atoms with E-state index in [-0.39, 0.29) is 5.91 Å². The first-order valence-electron chi connectivity index (χ1n) is 6.53. The van der Waals surface area contributed by atoms with E-state index in [1.54, 1.807) is 11.3 Å². The molecule has 0 radical (unpaired) electrons. The van der Waals surface area contributed by atoms with E-state index in [2.05, 4.69) is 10.3 Å². The van der Waals surface area contributed by atoms with E-state index in [1.165, 1.54) is 11.8 Å². The molecule has 106 valence electrons. The molecule has 3 rings (SSSR count). The summed E-state index contributed by atoms with van der Waals surface area (Å²) in [6.45, 7) is 4.05. The summed E-state index contributed by atoms with van der Waals surface area (Å²) in [7, 11) is 0. The van der Waals surface area contributed by atoms with Crippen LogP contribution in [0.5, 0.6) is 0 Å². The van der Waals surface area contributed by atoms with Crippen LogP contribution < -0.4 is 5.32 Å². The number of benzene rings is 1. The van der Waals surface area contributed by atoms with E-state index < -0.39 is 0 Å². The van der Waals surface area contributed by atoms with Gasteiger partial charge in [-0.1, -0.05) is 24.3 Å². The Morgan fingerprint density at radius 3 is 2.57 bits per heavy atom. The normalized spacial score (nSPS) is 18.5. The fourth-order valence-corrected chi connectivity index (χ4v) is 3.62. The number of thiophene rings is 1. The number of carbonyl (C=O) groups is 1. The van der Waals surface area contributed by atoms with Crippen molar-refractivity contribution >= 4 is 45.9 Å².